The van der Waals surface area contributed by atoms with Crippen LogP contribution in [0.5, 0.6) is 11.6 Å². The Bertz CT molecular complexity index is 1090. The minimum Gasteiger partial charge on any atom is -0.440 e. The fourth-order valence-corrected chi connectivity index (χ4v) is 2.78. The zero-order chi connectivity index (χ0) is 17.2. The van der Waals surface area contributed by atoms with E-state index in [9.17, 15) is 4.79 Å². The average molecular weight is 328 g/mol. The largest absolute Gasteiger partial charge is 0.440 e. The van der Waals surface area contributed by atoms with Gasteiger partial charge in [0.05, 0.1) is 11.1 Å². The molecule has 0 N–H and O–H groups in total. The third-order valence-electron chi connectivity index (χ3n) is 3.95. The molecular weight excluding hydrogens is 312 g/mol. The molecule has 0 atom stereocenters. The van der Waals surface area contributed by atoms with Gasteiger partial charge in [-0.15, -0.1) is 0 Å². The molecule has 2 heterocycles. The lowest BCUT2D eigenvalue weighted by Gasteiger charge is -2.16. The fraction of sp³-hybridized carbons (Fsp3) is 0.0476. The van der Waals surface area contributed by atoms with Crippen LogP contribution in [0.2, 0.25) is 0 Å². The van der Waals surface area contributed by atoms with Gasteiger partial charge in [-0.3, -0.25) is 9.36 Å². The van der Waals surface area contributed by atoms with Crippen LogP contribution < -0.4 is 10.2 Å². The Hall–Kier alpha value is -3.40. The molecule has 0 saturated carbocycles. The maximum atomic E-state index is 12.6. The van der Waals surface area contributed by atoms with Gasteiger partial charge in [-0.05, 0) is 43.3 Å². The lowest BCUT2D eigenvalue weighted by atomic mass is 10.2. The number of benzene rings is 2. The second kappa shape index (κ2) is 6.24. The van der Waals surface area contributed by atoms with Crippen molar-refractivity contribution >= 4 is 11.0 Å². The molecule has 0 aliphatic rings. The van der Waals surface area contributed by atoms with Crippen molar-refractivity contribution < 1.29 is 4.74 Å². The zero-order valence-corrected chi connectivity index (χ0v) is 13.7. The van der Waals surface area contributed by atoms with Gasteiger partial charge in [0.1, 0.15) is 5.75 Å². The van der Waals surface area contributed by atoms with Gasteiger partial charge in [0.2, 0.25) is 5.88 Å². The number of para-hydroxylation sites is 2. The molecule has 4 aromatic rings. The van der Waals surface area contributed by atoms with Gasteiger partial charge >= 0.3 is 0 Å². The van der Waals surface area contributed by atoms with Gasteiger partial charge in [-0.25, -0.2) is 4.98 Å². The van der Waals surface area contributed by atoms with Crippen molar-refractivity contribution in [3.63, 3.8) is 0 Å². The Morgan fingerprint density at radius 2 is 1.56 bits per heavy atom. The number of fused-ring (bicyclic) bond motifs is 1. The van der Waals surface area contributed by atoms with E-state index in [-0.39, 0.29) is 5.43 Å². The van der Waals surface area contributed by atoms with Crippen molar-refractivity contribution in [2.45, 2.75) is 6.92 Å². The number of hydrogen-bond donors (Lipinski definition) is 0. The fourth-order valence-electron chi connectivity index (χ4n) is 2.78. The van der Waals surface area contributed by atoms with Gasteiger partial charge in [0.25, 0.3) is 0 Å². The molecule has 0 aliphatic heterocycles. The zero-order valence-electron chi connectivity index (χ0n) is 13.7. The number of aromatic nitrogens is 2. The van der Waals surface area contributed by atoms with Gasteiger partial charge in [-0.2, -0.15) is 0 Å². The van der Waals surface area contributed by atoms with Crippen LogP contribution in [0.15, 0.2) is 83.7 Å². The Morgan fingerprint density at radius 1 is 0.880 bits per heavy atom. The van der Waals surface area contributed by atoms with Crippen LogP contribution in [0, 0.1) is 6.92 Å². The van der Waals surface area contributed by atoms with E-state index < -0.39 is 0 Å². The monoisotopic (exact) mass is 328 g/mol. The lowest BCUT2D eigenvalue weighted by Crippen LogP contribution is -2.12. The van der Waals surface area contributed by atoms with Crippen LogP contribution in [-0.4, -0.2) is 9.55 Å². The number of aryl methyl sites for hydroxylation is 1. The minimum absolute atomic E-state index is 0.111. The summed E-state index contributed by atoms with van der Waals surface area (Å²) in [6, 6.07) is 24.4. The van der Waals surface area contributed by atoms with Crippen molar-refractivity contribution in [3.05, 3.63) is 94.8 Å². The van der Waals surface area contributed by atoms with Crippen molar-refractivity contribution in [1.82, 2.24) is 9.55 Å². The first-order valence-electron chi connectivity index (χ1n) is 8.04. The molecule has 4 rings (SSSR count). The highest BCUT2D eigenvalue weighted by atomic mass is 16.5. The van der Waals surface area contributed by atoms with Crippen molar-refractivity contribution in [2.24, 2.45) is 0 Å². The summed E-state index contributed by atoms with van der Waals surface area (Å²) < 4.78 is 7.89. The third kappa shape index (κ3) is 2.90. The van der Waals surface area contributed by atoms with Crippen LogP contribution in [0.25, 0.3) is 16.7 Å². The highest BCUT2D eigenvalue weighted by molar-refractivity contribution is 5.78. The molecule has 25 heavy (non-hydrogen) atoms. The third-order valence-corrected chi connectivity index (χ3v) is 3.95. The van der Waals surface area contributed by atoms with E-state index in [0.717, 1.165) is 11.4 Å². The van der Waals surface area contributed by atoms with Gasteiger partial charge < -0.3 is 4.74 Å². The summed E-state index contributed by atoms with van der Waals surface area (Å²) in [6.07, 6.45) is 0. The summed E-state index contributed by atoms with van der Waals surface area (Å²) in [7, 11) is 0. The summed E-state index contributed by atoms with van der Waals surface area (Å²) in [5, 5.41) is 0.565. The van der Waals surface area contributed by atoms with Crippen LogP contribution >= 0.6 is 0 Å². The highest BCUT2D eigenvalue weighted by Crippen LogP contribution is 2.27. The SMILES string of the molecule is Cc1ccc2c(=O)cc(Oc3ccccc3)n(-c3ccccc3)c2n1. The molecule has 0 radical (unpaired) electrons. The maximum absolute atomic E-state index is 12.6. The molecule has 4 nitrogen and oxygen atoms in total. The molecule has 0 bridgehead atoms. The first kappa shape index (κ1) is 15.1. The molecule has 0 unspecified atom stereocenters. The highest BCUT2D eigenvalue weighted by Gasteiger charge is 2.14. The first-order valence-corrected chi connectivity index (χ1v) is 8.04. The molecule has 4 heteroatoms. The molecule has 0 amide bonds. The van der Waals surface area contributed by atoms with Crippen LogP contribution in [0.4, 0.5) is 0 Å². The first-order chi connectivity index (χ1) is 12.2. The van der Waals surface area contributed by atoms with E-state index >= 15 is 0 Å². The molecule has 2 aromatic heterocycles. The van der Waals surface area contributed by atoms with E-state index in [1.54, 1.807) is 0 Å². The predicted octanol–water partition coefficient (Wildman–Crippen LogP) is 4.49. The topological polar surface area (TPSA) is 44.1 Å². The standard InChI is InChI=1S/C21H16N2O2/c1-15-12-13-18-19(24)14-20(25-17-10-6-3-7-11-17)23(21(18)22-15)16-8-4-2-5-9-16/h2-14H,1H3. The Balaban J connectivity index is 2.03. The summed E-state index contributed by atoms with van der Waals surface area (Å²) >= 11 is 0. The number of pyridine rings is 2. The average Bonchev–Trinajstić information content (AvgIpc) is 2.63. The lowest BCUT2D eigenvalue weighted by molar-refractivity contribution is 0.451. The van der Waals surface area contributed by atoms with E-state index in [4.69, 9.17) is 4.74 Å². The van der Waals surface area contributed by atoms with Gasteiger partial charge in [0, 0.05) is 11.8 Å². The summed E-state index contributed by atoms with van der Waals surface area (Å²) in [5.41, 5.74) is 2.20. The van der Waals surface area contributed by atoms with E-state index in [1.807, 2.05) is 84.3 Å². The van der Waals surface area contributed by atoms with Crippen LogP contribution in [0.1, 0.15) is 5.69 Å². The predicted molar refractivity (Wildman–Crippen MR) is 98.6 cm³/mol. The molecular formula is C21H16N2O2. The van der Waals surface area contributed by atoms with E-state index in [0.29, 0.717) is 22.7 Å². The quantitative estimate of drug-likeness (QED) is 0.557. The molecule has 2 aromatic carbocycles. The van der Waals surface area contributed by atoms with Crippen molar-refractivity contribution in [1.29, 1.82) is 0 Å². The Labute approximate surface area is 145 Å². The smallest absolute Gasteiger partial charge is 0.210 e. The molecule has 0 saturated heterocycles. The Kier molecular flexibility index (Phi) is 3.78. The van der Waals surface area contributed by atoms with E-state index in [1.165, 1.54) is 6.07 Å². The van der Waals surface area contributed by atoms with Crippen molar-refractivity contribution in [2.75, 3.05) is 0 Å². The molecule has 0 spiro atoms. The molecule has 122 valence electrons. The number of nitrogens with zero attached hydrogens (tertiary/aromatic N) is 2. The molecule has 0 fully saturated rings. The van der Waals surface area contributed by atoms with Gasteiger partial charge in [0.15, 0.2) is 11.1 Å². The summed E-state index contributed by atoms with van der Waals surface area (Å²) in [4.78, 5) is 17.1. The number of rotatable bonds is 3. The van der Waals surface area contributed by atoms with Crippen LogP contribution in [0.3, 0.4) is 0 Å². The summed E-state index contributed by atoms with van der Waals surface area (Å²) in [5.74, 6) is 1.10. The van der Waals surface area contributed by atoms with Crippen LogP contribution in [-0.2, 0) is 0 Å². The van der Waals surface area contributed by atoms with Crippen molar-refractivity contribution in [3.8, 4) is 17.3 Å². The maximum Gasteiger partial charge on any atom is 0.210 e. The second-order valence-corrected chi connectivity index (χ2v) is 5.76. The number of ether oxygens (including phenoxy) is 1. The summed E-state index contributed by atoms with van der Waals surface area (Å²) in [6.45, 7) is 1.91. The Morgan fingerprint density at radius 3 is 2.28 bits per heavy atom. The van der Waals surface area contributed by atoms with Gasteiger partial charge in [-0.1, -0.05) is 36.4 Å². The molecule has 0 aliphatic carbocycles. The normalized spacial score (nSPS) is 10.8. The number of hydrogen-bond acceptors (Lipinski definition) is 3. The second-order valence-electron chi connectivity index (χ2n) is 5.76. The van der Waals surface area contributed by atoms with E-state index in [2.05, 4.69) is 4.98 Å². The minimum atomic E-state index is -0.111.